The third kappa shape index (κ3) is 2.85. The third-order valence-electron chi connectivity index (χ3n) is 4.07. The van der Waals surface area contributed by atoms with Crippen LogP contribution in [0.3, 0.4) is 0 Å². The van der Waals surface area contributed by atoms with Crippen LogP contribution in [0.1, 0.15) is 22.3 Å². The van der Waals surface area contributed by atoms with Gasteiger partial charge in [-0.15, -0.1) is 0 Å². The standard InChI is InChI=1S/C15H24N2O/c1-11-10-14(12(2)13(3)15(11)18)4-7-17-8-5-16-6-9-17/h10,16,18H,4-9H2,1-3H3. The quantitative estimate of drug-likeness (QED) is 0.855. The Hall–Kier alpha value is -1.06. The molecule has 3 heteroatoms. The molecule has 2 N–H and O–H groups in total. The zero-order valence-corrected chi connectivity index (χ0v) is 11.7. The largest absolute Gasteiger partial charge is 0.507 e. The highest BCUT2D eigenvalue weighted by molar-refractivity contribution is 5.48. The van der Waals surface area contributed by atoms with Crippen molar-refractivity contribution in [3.63, 3.8) is 0 Å². The average Bonchev–Trinajstić information content (AvgIpc) is 2.40. The van der Waals surface area contributed by atoms with Crippen LogP contribution in [-0.4, -0.2) is 42.7 Å². The first-order valence-electron chi connectivity index (χ1n) is 6.81. The number of nitrogens with one attached hydrogen (secondary N) is 1. The highest BCUT2D eigenvalue weighted by atomic mass is 16.3. The van der Waals surface area contributed by atoms with Gasteiger partial charge >= 0.3 is 0 Å². The van der Waals surface area contributed by atoms with E-state index in [1.807, 2.05) is 13.8 Å². The minimum atomic E-state index is 0.457. The van der Waals surface area contributed by atoms with Crippen molar-refractivity contribution < 1.29 is 5.11 Å². The Kier molecular flexibility index (Phi) is 4.25. The van der Waals surface area contributed by atoms with Gasteiger partial charge in [0.05, 0.1) is 0 Å². The molecule has 0 spiro atoms. The maximum absolute atomic E-state index is 9.91. The number of phenolic OH excluding ortho intramolecular Hbond substituents is 1. The maximum atomic E-state index is 9.91. The molecule has 0 saturated carbocycles. The van der Waals surface area contributed by atoms with Crippen LogP contribution >= 0.6 is 0 Å². The monoisotopic (exact) mass is 248 g/mol. The Morgan fingerprint density at radius 2 is 1.83 bits per heavy atom. The molecule has 3 nitrogen and oxygen atoms in total. The number of aryl methyl sites for hydroxylation is 1. The summed E-state index contributed by atoms with van der Waals surface area (Å²) in [5, 5.41) is 13.3. The van der Waals surface area contributed by atoms with Gasteiger partial charge in [0, 0.05) is 32.7 Å². The van der Waals surface area contributed by atoms with Crippen LogP contribution in [0.25, 0.3) is 0 Å². The number of benzene rings is 1. The highest BCUT2D eigenvalue weighted by Gasteiger charge is 2.12. The lowest BCUT2D eigenvalue weighted by Gasteiger charge is -2.27. The molecule has 1 aliphatic rings. The number of piperazine rings is 1. The summed E-state index contributed by atoms with van der Waals surface area (Å²) >= 11 is 0. The van der Waals surface area contributed by atoms with Gasteiger partial charge in [0.1, 0.15) is 5.75 Å². The number of phenols is 1. The molecule has 0 unspecified atom stereocenters. The first kappa shape index (κ1) is 13.4. The van der Waals surface area contributed by atoms with Gasteiger partial charge in [0.25, 0.3) is 0 Å². The Bertz CT molecular complexity index is 423. The fourth-order valence-corrected chi connectivity index (χ4v) is 2.63. The summed E-state index contributed by atoms with van der Waals surface area (Å²) in [5.74, 6) is 0.457. The molecule has 2 rings (SSSR count). The summed E-state index contributed by atoms with van der Waals surface area (Å²) in [7, 11) is 0. The molecular formula is C15H24N2O. The van der Waals surface area contributed by atoms with Crippen LogP contribution in [0.4, 0.5) is 0 Å². The number of rotatable bonds is 3. The SMILES string of the molecule is Cc1cc(CCN2CCNCC2)c(C)c(C)c1O. The number of nitrogens with zero attached hydrogens (tertiary/aromatic N) is 1. The molecule has 1 fully saturated rings. The second-order valence-electron chi connectivity index (χ2n) is 5.29. The topological polar surface area (TPSA) is 35.5 Å². The van der Waals surface area contributed by atoms with Gasteiger partial charge in [-0.3, -0.25) is 0 Å². The second-order valence-corrected chi connectivity index (χ2v) is 5.29. The zero-order chi connectivity index (χ0) is 13.1. The fourth-order valence-electron chi connectivity index (χ4n) is 2.63. The average molecular weight is 248 g/mol. The van der Waals surface area contributed by atoms with E-state index in [1.54, 1.807) is 0 Å². The Labute approximate surface area is 110 Å². The van der Waals surface area contributed by atoms with E-state index < -0.39 is 0 Å². The summed E-state index contributed by atoms with van der Waals surface area (Å²) in [6.07, 6.45) is 1.08. The van der Waals surface area contributed by atoms with E-state index in [4.69, 9.17) is 0 Å². The fraction of sp³-hybridized carbons (Fsp3) is 0.600. The van der Waals surface area contributed by atoms with E-state index in [2.05, 4.69) is 23.2 Å². The molecule has 0 atom stereocenters. The van der Waals surface area contributed by atoms with E-state index in [0.29, 0.717) is 5.75 Å². The number of aromatic hydroxyl groups is 1. The van der Waals surface area contributed by atoms with Crippen LogP contribution < -0.4 is 5.32 Å². The van der Waals surface area contributed by atoms with Crippen LogP contribution in [0.5, 0.6) is 5.75 Å². The van der Waals surface area contributed by atoms with Gasteiger partial charge in [0.15, 0.2) is 0 Å². The van der Waals surface area contributed by atoms with Crippen molar-refractivity contribution in [2.45, 2.75) is 27.2 Å². The van der Waals surface area contributed by atoms with Gasteiger partial charge in [-0.05, 0) is 49.4 Å². The van der Waals surface area contributed by atoms with Gasteiger partial charge in [0.2, 0.25) is 0 Å². The first-order valence-corrected chi connectivity index (χ1v) is 6.81. The predicted molar refractivity (Wildman–Crippen MR) is 75.3 cm³/mol. The van der Waals surface area contributed by atoms with Crippen molar-refractivity contribution in [1.29, 1.82) is 0 Å². The van der Waals surface area contributed by atoms with Gasteiger partial charge in [-0.25, -0.2) is 0 Å². The van der Waals surface area contributed by atoms with Crippen molar-refractivity contribution in [2.75, 3.05) is 32.7 Å². The van der Waals surface area contributed by atoms with Gasteiger partial charge in [-0.2, -0.15) is 0 Å². The molecule has 0 aliphatic carbocycles. The normalized spacial score (nSPS) is 17.1. The summed E-state index contributed by atoms with van der Waals surface area (Å²) in [5.41, 5.74) is 4.65. The predicted octanol–water partition coefficient (Wildman–Crippen LogP) is 1.77. The molecule has 1 aromatic carbocycles. The van der Waals surface area contributed by atoms with Crippen molar-refractivity contribution in [3.05, 3.63) is 28.3 Å². The summed E-state index contributed by atoms with van der Waals surface area (Å²) in [4.78, 5) is 2.51. The molecule has 1 saturated heterocycles. The Morgan fingerprint density at radius 3 is 2.50 bits per heavy atom. The lowest BCUT2D eigenvalue weighted by atomic mass is 9.96. The van der Waals surface area contributed by atoms with Crippen LogP contribution in [0.15, 0.2) is 6.07 Å². The molecule has 0 bridgehead atoms. The molecule has 1 aliphatic heterocycles. The van der Waals surface area contributed by atoms with Crippen molar-refractivity contribution >= 4 is 0 Å². The zero-order valence-electron chi connectivity index (χ0n) is 11.7. The van der Waals surface area contributed by atoms with E-state index in [0.717, 1.165) is 50.3 Å². The Morgan fingerprint density at radius 1 is 1.17 bits per heavy atom. The Balaban J connectivity index is 2.05. The van der Waals surface area contributed by atoms with Crippen molar-refractivity contribution in [1.82, 2.24) is 10.2 Å². The highest BCUT2D eigenvalue weighted by Crippen LogP contribution is 2.27. The minimum Gasteiger partial charge on any atom is -0.507 e. The van der Waals surface area contributed by atoms with Gasteiger partial charge < -0.3 is 15.3 Å². The maximum Gasteiger partial charge on any atom is 0.121 e. The molecule has 1 aromatic rings. The number of hydrogen-bond acceptors (Lipinski definition) is 3. The van der Waals surface area contributed by atoms with E-state index in [9.17, 15) is 5.11 Å². The third-order valence-corrected chi connectivity index (χ3v) is 4.07. The smallest absolute Gasteiger partial charge is 0.121 e. The minimum absolute atomic E-state index is 0.457. The van der Waals surface area contributed by atoms with E-state index in [1.165, 1.54) is 11.1 Å². The van der Waals surface area contributed by atoms with E-state index >= 15 is 0 Å². The van der Waals surface area contributed by atoms with Crippen LogP contribution in [0.2, 0.25) is 0 Å². The molecule has 100 valence electrons. The summed E-state index contributed by atoms with van der Waals surface area (Å²) in [6, 6.07) is 2.14. The lowest BCUT2D eigenvalue weighted by molar-refractivity contribution is 0.244. The molecule has 0 aromatic heterocycles. The van der Waals surface area contributed by atoms with Crippen LogP contribution in [-0.2, 0) is 6.42 Å². The van der Waals surface area contributed by atoms with Crippen LogP contribution in [0, 0.1) is 20.8 Å². The summed E-state index contributed by atoms with van der Waals surface area (Å²) < 4.78 is 0. The van der Waals surface area contributed by atoms with E-state index in [-0.39, 0.29) is 0 Å². The van der Waals surface area contributed by atoms with Crippen molar-refractivity contribution in [2.24, 2.45) is 0 Å². The summed E-state index contributed by atoms with van der Waals surface area (Å²) in [6.45, 7) is 11.7. The molecule has 0 radical (unpaired) electrons. The molecule has 0 amide bonds. The molecular weight excluding hydrogens is 224 g/mol. The molecule has 1 heterocycles. The molecule has 18 heavy (non-hydrogen) atoms. The van der Waals surface area contributed by atoms with Crippen molar-refractivity contribution in [3.8, 4) is 5.75 Å². The first-order chi connectivity index (χ1) is 8.59. The van der Waals surface area contributed by atoms with Gasteiger partial charge in [-0.1, -0.05) is 6.07 Å². The second kappa shape index (κ2) is 5.72. The number of hydrogen-bond donors (Lipinski definition) is 2. The lowest BCUT2D eigenvalue weighted by Crippen LogP contribution is -2.44.